The van der Waals surface area contributed by atoms with Gasteiger partial charge in [0.25, 0.3) is 0 Å². The van der Waals surface area contributed by atoms with Crippen molar-refractivity contribution in [2.45, 2.75) is 0 Å². The Balaban J connectivity index is 2.34. The third-order valence-corrected chi connectivity index (χ3v) is 3.52. The lowest BCUT2D eigenvalue weighted by Gasteiger charge is -2.11. The number of Topliss-reactive ketones (excluding diaryl/α,β-unsaturated/α-hetero) is 1. The molecule has 0 aliphatic heterocycles. The molecule has 0 spiro atoms. The molecule has 3 aromatic carbocycles. The van der Waals surface area contributed by atoms with E-state index < -0.39 is 18.2 Å². The lowest BCUT2D eigenvalue weighted by atomic mass is 9.93. The smallest absolute Gasteiger partial charge is 0.191 e. The standard InChI is InChI=1S/C18H13FO2/c19-16-10-4-9-15(18(16)17(21)11-20)14-8-3-6-12-5-1-2-7-13(12)14/h1-10,20H,11H2. The van der Waals surface area contributed by atoms with E-state index in [0.29, 0.717) is 5.56 Å². The third kappa shape index (κ3) is 2.32. The molecule has 0 fully saturated rings. The first-order valence-electron chi connectivity index (χ1n) is 6.63. The van der Waals surface area contributed by atoms with Crippen LogP contribution in [0.1, 0.15) is 10.4 Å². The Kier molecular flexibility index (Phi) is 3.50. The van der Waals surface area contributed by atoms with Crippen LogP contribution in [0.4, 0.5) is 4.39 Å². The second-order valence-electron chi connectivity index (χ2n) is 4.77. The average molecular weight is 280 g/mol. The van der Waals surface area contributed by atoms with Crippen molar-refractivity contribution in [3.05, 3.63) is 72.0 Å². The van der Waals surface area contributed by atoms with Crippen LogP contribution < -0.4 is 0 Å². The Labute approximate surface area is 121 Å². The highest BCUT2D eigenvalue weighted by Gasteiger charge is 2.18. The summed E-state index contributed by atoms with van der Waals surface area (Å²) in [4.78, 5) is 11.9. The van der Waals surface area contributed by atoms with Gasteiger partial charge in [-0.2, -0.15) is 0 Å². The minimum absolute atomic E-state index is 0.0589. The molecule has 0 bridgehead atoms. The number of aliphatic hydroxyl groups excluding tert-OH is 1. The van der Waals surface area contributed by atoms with Crippen molar-refractivity contribution in [2.24, 2.45) is 0 Å². The van der Waals surface area contributed by atoms with Crippen molar-refractivity contribution in [3.63, 3.8) is 0 Å². The van der Waals surface area contributed by atoms with E-state index in [-0.39, 0.29) is 5.56 Å². The second kappa shape index (κ2) is 5.46. The Morgan fingerprint density at radius 1 is 0.905 bits per heavy atom. The molecule has 2 nitrogen and oxygen atoms in total. The van der Waals surface area contributed by atoms with E-state index in [1.807, 2.05) is 42.5 Å². The first-order valence-corrected chi connectivity index (χ1v) is 6.63. The van der Waals surface area contributed by atoms with Crippen molar-refractivity contribution in [1.82, 2.24) is 0 Å². The fourth-order valence-corrected chi connectivity index (χ4v) is 2.57. The Hall–Kier alpha value is -2.52. The van der Waals surface area contributed by atoms with Gasteiger partial charge in [0.15, 0.2) is 5.78 Å². The van der Waals surface area contributed by atoms with Gasteiger partial charge >= 0.3 is 0 Å². The molecule has 104 valence electrons. The normalized spacial score (nSPS) is 10.8. The lowest BCUT2D eigenvalue weighted by Crippen LogP contribution is -2.09. The highest BCUT2D eigenvalue weighted by Crippen LogP contribution is 2.32. The molecule has 0 saturated heterocycles. The fraction of sp³-hybridized carbons (Fsp3) is 0.0556. The summed E-state index contributed by atoms with van der Waals surface area (Å²) in [5.41, 5.74) is 1.23. The van der Waals surface area contributed by atoms with Crippen LogP contribution in [0.2, 0.25) is 0 Å². The van der Waals surface area contributed by atoms with Crippen LogP contribution in [0.25, 0.3) is 21.9 Å². The van der Waals surface area contributed by atoms with Gasteiger partial charge in [0.05, 0.1) is 5.56 Å². The summed E-state index contributed by atoms with van der Waals surface area (Å²) in [6.45, 7) is -0.710. The molecule has 0 unspecified atom stereocenters. The highest BCUT2D eigenvalue weighted by molar-refractivity contribution is 6.07. The summed E-state index contributed by atoms with van der Waals surface area (Å²) in [6.07, 6.45) is 0. The van der Waals surface area contributed by atoms with Gasteiger partial charge in [-0.25, -0.2) is 4.39 Å². The van der Waals surface area contributed by atoms with Crippen LogP contribution in [0.3, 0.4) is 0 Å². The SMILES string of the molecule is O=C(CO)c1c(F)cccc1-c1cccc2ccccc12. The minimum Gasteiger partial charge on any atom is -0.388 e. The zero-order chi connectivity index (χ0) is 14.8. The molecule has 0 aliphatic carbocycles. The maximum absolute atomic E-state index is 14.0. The summed E-state index contributed by atoms with van der Waals surface area (Å²) < 4.78 is 14.0. The van der Waals surface area contributed by atoms with Crippen LogP contribution in [0.5, 0.6) is 0 Å². The Bertz CT molecular complexity index is 819. The maximum atomic E-state index is 14.0. The van der Waals surface area contributed by atoms with Crippen molar-refractivity contribution >= 4 is 16.6 Å². The number of hydrogen-bond acceptors (Lipinski definition) is 2. The number of fused-ring (bicyclic) bond motifs is 1. The van der Waals surface area contributed by atoms with Gasteiger partial charge in [-0.05, 0) is 28.0 Å². The monoisotopic (exact) mass is 280 g/mol. The molecule has 21 heavy (non-hydrogen) atoms. The molecule has 0 heterocycles. The Morgan fingerprint density at radius 2 is 1.57 bits per heavy atom. The van der Waals surface area contributed by atoms with Gasteiger partial charge in [0, 0.05) is 0 Å². The first kappa shape index (κ1) is 13.5. The van der Waals surface area contributed by atoms with E-state index in [1.54, 1.807) is 12.1 Å². The molecule has 0 amide bonds. The van der Waals surface area contributed by atoms with Crippen LogP contribution in [0, 0.1) is 5.82 Å². The van der Waals surface area contributed by atoms with E-state index in [2.05, 4.69) is 0 Å². The molecule has 0 aromatic heterocycles. The number of carbonyl (C=O) groups is 1. The number of rotatable bonds is 3. The van der Waals surface area contributed by atoms with Crippen molar-refractivity contribution in [2.75, 3.05) is 6.61 Å². The van der Waals surface area contributed by atoms with Crippen LogP contribution >= 0.6 is 0 Å². The van der Waals surface area contributed by atoms with Crippen LogP contribution in [0.15, 0.2) is 60.7 Å². The molecule has 0 atom stereocenters. The quantitative estimate of drug-likeness (QED) is 0.740. The number of halogens is 1. The molecule has 3 aromatic rings. The number of carbonyl (C=O) groups excluding carboxylic acids is 1. The summed E-state index contributed by atoms with van der Waals surface area (Å²) >= 11 is 0. The van der Waals surface area contributed by atoms with E-state index in [9.17, 15) is 9.18 Å². The second-order valence-corrected chi connectivity index (χ2v) is 4.77. The third-order valence-electron chi connectivity index (χ3n) is 3.52. The largest absolute Gasteiger partial charge is 0.388 e. The number of ketones is 1. The van der Waals surface area contributed by atoms with Crippen LogP contribution in [-0.4, -0.2) is 17.5 Å². The molecule has 0 radical (unpaired) electrons. The summed E-state index contributed by atoms with van der Waals surface area (Å²) in [6, 6.07) is 17.9. The topological polar surface area (TPSA) is 37.3 Å². The molecule has 0 aliphatic rings. The van der Waals surface area contributed by atoms with Crippen molar-refractivity contribution in [3.8, 4) is 11.1 Å². The van der Waals surface area contributed by atoms with Gasteiger partial charge in [-0.3, -0.25) is 4.79 Å². The Morgan fingerprint density at radius 3 is 2.38 bits per heavy atom. The highest BCUT2D eigenvalue weighted by atomic mass is 19.1. The zero-order valence-corrected chi connectivity index (χ0v) is 11.2. The first-order chi connectivity index (χ1) is 10.2. The molecular formula is C18H13FO2. The maximum Gasteiger partial charge on any atom is 0.191 e. The van der Waals surface area contributed by atoms with Crippen molar-refractivity contribution in [1.29, 1.82) is 0 Å². The van der Waals surface area contributed by atoms with E-state index in [4.69, 9.17) is 5.11 Å². The number of benzene rings is 3. The van der Waals surface area contributed by atoms with Gasteiger partial charge in [-0.1, -0.05) is 54.6 Å². The van der Waals surface area contributed by atoms with Crippen LogP contribution in [-0.2, 0) is 0 Å². The van der Waals surface area contributed by atoms with Gasteiger partial charge in [0.1, 0.15) is 12.4 Å². The predicted octanol–water partition coefficient (Wildman–Crippen LogP) is 3.82. The van der Waals surface area contributed by atoms with E-state index in [0.717, 1.165) is 16.3 Å². The molecule has 3 heteroatoms. The number of aliphatic hydroxyl groups is 1. The summed E-state index contributed by atoms with van der Waals surface area (Å²) in [7, 11) is 0. The fourth-order valence-electron chi connectivity index (χ4n) is 2.57. The summed E-state index contributed by atoms with van der Waals surface area (Å²) in [5.74, 6) is -1.23. The lowest BCUT2D eigenvalue weighted by molar-refractivity contribution is 0.0900. The molecule has 3 rings (SSSR count). The predicted molar refractivity (Wildman–Crippen MR) is 80.8 cm³/mol. The van der Waals surface area contributed by atoms with Crippen molar-refractivity contribution < 1.29 is 14.3 Å². The van der Waals surface area contributed by atoms with Gasteiger partial charge < -0.3 is 5.11 Å². The number of hydrogen-bond donors (Lipinski definition) is 1. The minimum atomic E-state index is -0.710. The van der Waals surface area contributed by atoms with E-state index >= 15 is 0 Å². The molecule has 1 N–H and O–H groups in total. The van der Waals surface area contributed by atoms with Gasteiger partial charge in [0.2, 0.25) is 0 Å². The molecular weight excluding hydrogens is 267 g/mol. The average Bonchev–Trinajstić information content (AvgIpc) is 2.53. The van der Waals surface area contributed by atoms with E-state index in [1.165, 1.54) is 6.07 Å². The van der Waals surface area contributed by atoms with Gasteiger partial charge in [-0.15, -0.1) is 0 Å². The summed E-state index contributed by atoms with van der Waals surface area (Å²) in [5, 5.41) is 11.0. The zero-order valence-electron chi connectivity index (χ0n) is 11.2. The molecule has 0 saturated carbocycles.